The summed E-state index contributed by atoms with van der Waals surface area (Å²) < 4.78 is 4.76. The van der Waals surface area contributed by atoms with Crippen molar-refractivity contribution in [1.29, 1.82) is 0 Å². The van der Waals surface area contributed by atoms with Crippen LogP contribution < -0.4 is 5.32 Å². The number of nitrogens with zero attached hydrogens (tertiary/aromatic N) is 1. The molecule has 1 heterocycles. The lowest BCUT2D eigenvalue weighted by Gasteiger charge is -2.48. The predicted octanol–water partition coefficient (Wildman–Crippen LogP) is 1.01. The molecule has 1 N–H and O–H groups in total. The monoisotopic (exact) mass is 228 g/mol. The molecule has 1 aliphatic heterocycles. The average molecular weight is 228 g/mol. The van der Waals surface area contributed by atoms with Crippen molar-refractivity contribution in [2.24, 2.45) is 0 Å². The lowest BCUT2D eigenvalue weighted by atomic mass is 9.95. The van der Waals surface area contributed by atoms with Gasteiger partial charge in [0, 0.05) is 30.7 Å². The number of esters is 1. The Bertz CT molecular complexity index is 248. The molecule has 94 valence electrons. The molecule has 2 unspecified atom stereocenters. The minimum absolute atomic E-state index is 0.0835. The molecule has 0 aromatic rings. The molecule has 4 nitrogen and oxygen atoms in total. The van der Waals surface area contributed by atoms with Gasteiger partial charge >= 0.3 is 5.97 Å². The molecule has 0 spiro atoms. The van der Waals surface area contributed by atoms with E-state index < -0.39 is 0 Å². The Labute approximate surface area is 98.3 Å². The van der Waals surface area contributed by atoms with E-state index in [2.05, 4.69) is 37.9 Å². The molecule has 1 fully saturated rings. The quantitative estimate of drug-likeness (QED) is 0.716. The number of ether oxygens (including phenoxy) is 1. The maximum Gasteiger partial charge on any atom is 0.307 e. The zero-order valence-electron chi connectivity index (χ0n) is 11.0. The summed E-state index contributed by atoms with van der Waals surface area (Å²) in [5.41, 5.74) is 0.0835. The Morgan fingerprint density at radius 2 is 2.06 bits per heavy atom. The van der Waals surface area contributed by atoms with Crippen LogP contribution in [0.3, 0.4) is 0 Å². The van der Waals surface area contributed by atoms with Crippen molar-refractivity contribution in [2.75, 3.05) is 20.2 Å². The van der Waals surface area contributed by atoms with E-state index in [4.69, 9.17) is 4.74 Å². The Kier molecular flexibility index (Phi) is 4.33. The molecule has 4 heteroatoms. The lowest BCUT2D eigenvalue weighted by molar-refractivity contribution is -0.143. The van der Waals surface area contributed by atoms with E-state index in [-0.39, 0.29) is 17.6 Å². The van der Waals surface area contributed by atoms with Crippen molar-refractivity contribution < 1.29 is 9.53 Å². The van der Waals surface area contributed by atoms with Crippen molar-refractivity contribution in [3.8, 4) is 0 Å². The van der Waals surface area contributed by atoms with E-state index in [9.17, 15) is 4.79 Å². The van der Waals surface area contributed by atoms with E-state index >= 15 is 0 Å². The highest BCUT2D eigenvalue weighted by Gasteiger charge is 2.36. The molecule has 1 saturated heterocycles. The van der Waals surface area contributed by atoms with Crippen molar-refractivity contribution in [2.45, 2.75) is 51.7 Å². The van der Waals surface area contributed by atoms with Crippen LogP contribution >= 0.6 is 0 Å². The van der Waals surface area contributed by atoms with Gasteiger partial charge in [0.2, 0.25) is 0 Å². The fourth-order valence-electron chi connectivity index (χ4n) is 2.67. The highest BCUT2D eigenvalue weighted by molar-refractivity contribution is 5.70. The molecular formula is C12H24N2O2. The first-order valence-corrected chi connectivity index (χ1v) is 5.92. The van der Waals surface area contributed by atoms with Crippen LogP contribution in [0, 0.1) is 0 Å². The van der Waals surface area contributed by atoms with Crippen LogP contribution in [0.15, 0.2) is 0 Å². The Balaban J connectivity index is 2.75. The number of carbonyl (C=O) groups excluding carboxylic acids is 1. The summed E-state index contributed by atoms with van der Waals surface area (Å²) >= 11 is 0. The first-order valence-electron chi connectivity index (χ1n) is 5.92. The van der Waals surface area contributed by atoms with Gasteiger partial charge in [-0.05, 0) is 27.7 Å². The predicted molar refractivity (Wildman–Crippen MR) is 64.3 cm³/mol. The number of piperazine rings is 1. The van der Waals surface area contributed by atoms with Crippen LogP contribution in [0.2, 0.25) is 0 Å². The van der Waals surface area contributed by atoms with E-state index in [1.165, 1.54) is 7.11 Å². The van der Waals surface area contributed by atoms with Crippen molar-refractivity contribution >= 4 is 5.97 Å². The fourth-order valence-corrected chi connectivity index (χ4v) is 2.67. The molecule has 0 bridgehead atoms. The van der Waals surface area contributed by atoms with Gasteiger partial charge in [0.25, 0.3) is 0 Å². The number of nitrogens with one attached hydrogen (secondary N) is 1. The number of hydrogen-bond donors (Lipinski definition) is 1. The highest BCUT2D eigenvalue weighted by Crippen LogP contribution is 2.24. The average Bonchev–Trinajstić information content (AvgIpc) is 2.15. The van der Waals surface area contributed by atoms with Crippen LogP contribution in [0.4, 0.5) is 0 Å². The normalized spacial score (nSPS) is 27.8. The van der Waals surface area contributed by atoms with Crippen molar-refractivity contribution in [3.63, 3.8) is 0 Å². The fraction of sp³-hybridized carbons (Fsp3) is 0.917. The molecule has 2 atom stereocenters. The van der Waals surface area contributed by atoms with Crippen LogP contribution in [0.25, 0.3) is 0 Å². The van der Waals surface area contributed by atoms with E-state index in [0.717, 1.165) is 13.1 Å². The summed E-state index contributed by atoms with van der Waals surface area (Å²) in [6.45, 7) is 10.6. The van der Waals surface area contributed by atoms with Crippen LogP contribution in [-0.2, 0) is 9.53 Å². The molecule has 1 rings (SSSR count). The Morgan fingerprint density at radius 1 is 1.44 bits per heavy atom. The van der Waals surface area contributed by atoms with Crippen LogP contribution in [0.1, 0.15) is 34.1 Å². The SMILES string of the molecule is COC(=O)CC1CNCC(C)N1C(C)(C)C. The van der Waals surface area contributed by atoms with Crippen LogP contribution in [-0.4, -0.2) is 48.7 Å². The maximum atomic E-state index is 11.4. The van der Waals surface area contributed by atoms with Gasteiger partial charge in [-0.15, -0.1) is 0 Å². The largest absolute Gasteiger partial charge is 0.469 e. The summed E-state index contributed by atoms with van der Waals surface area (Å²) in [6.07, 6.45) is 0.463. The summed E-state index contributed by atoms with van der Waals surface area (Å²) in [6, 6.07) is 0.680. The standard InChI is InChI=1S/C12H24N2O2/c1-9-7-13-8-10(6-11(15)16-5)14(9)12(2,3)4/h9-10,13H,6-8H2,1-5H3. The van der Waals surface area contributed by atoms with Crippen molar-refractivity contribution in [1.82, 2.24) is 10.2 Å². The molecule has 0 saturated carbocycles. The van der Waals surface area contributed by atoms with E-state index in [0.29, 0.717) is 12.5 Å². The molecule has 0 aliphatic carbocycles. The van der Waals surface area contributed by atoms with Gasteiger partial charge in [0.15, 0.2) is 0 Å². The Morgan fingerprint density at radius 3 is 2.56 bits per heavy atom. The number of carbonyl (C=O) groups is 1. The van der Waals surface area contributed by atoms with Gasteiger partial charge in [-0.1, -0.05) is 0 Å². The van der Waals surface area contributed by atoms with Gasteiger partial charge in [-0.3, -0.25) is 9.69 Å². The van der Waals surface area contributed by atoms with Gasteiger partial charge in [0.05, 0.1) is 13.5 Å². The van der Waals surface area contributed by atoms with E-state index in [1.54, 1.807) is 0 Å². The topological polar surface area (TPSA) is 41.6 Å². The summed E-state index contributed by atoms with van der Waals surface area (Å²) in [5.74, 6) is -0.129. The molecule has 0 radical (unpaired) electrons. The summed E-state index contributed by atoms with van der Waals surface area (Å²) in [4.78, 5) is 13.8. The first kappa shape index (κ1) is 13.5. The molecular weight excluding hydrogens is 204 g/mol. The minimum atomic E-state index is -0.129. The number of rotatable bonds is 2. The first-order chi connectivity index (χ1) is 7.36. The summed E-state index contributed by atoms with van der Waals surface area (Å²) in [7, 11) is 1.45. The lowest BCUT2D eigenvalue weighted by Crippen LogP contribution is -2.62. The van der Waals surface area contributed by atoms with Gasteiger partial charge in [-0.25, -0.2) is 0 Å². The molecule has 0 aromatic heterocycles. The third kappa shape index (κ3) is 3.19. The zero-order valence-corrected chi connectivity index (χ0v) is 11.0. The Hall–Kier alpha value is -0.610. The zero-order chi connectivity index (χ0) is 12.3. The van der Waals surface area contributed by atoms with Crippen LogP contribution in [0.5, 0.6) is 0 Å². The minimum Gasteiger partial charge on any atom is -0.469 e. The number of hydrogen-bond acceptors (Lipinski definition) is 4. The second-order valence-electron chi connectivity index (χ2n) is 5.52. The second-order valence-corrected chi connectivity index (χ2v) is 5.52. The third-order valence-electron chi connectivity index (χ3n) is 3.09. The third-order valence-corrected chi connectivity index (χ3v) is 3.09. The van der Waals surface area contributed by atoms with Crippen molar-refractivity contribution in [3.05, 3.63) is 0 Å². The number of methoxy groups -OCH3 is 1. The van der Waals surface area contributed by atoms with Gasteiger partial charge in [0.1, 0.15) is 0 Å². The molecule has 1 aliphatic rings. The van der Waals surface area contributed by atoms with Gasteiger partial charge < -0.3 is 10.1 Å². The molecule has 0 aromatic carbocycles. The maximum absolute atomic E-state index is 11.4. The smallest absolute Gasteiger partial charge is 0.307 e. The summed E-state index contributed by atoms with van der Waals surface area (Å²) in [5, 5.41) is 3.37. The molecule has 0 amide bonds. The van der Waals surface area contributed by atoms with E-state index in [1.807, 2.05) is 0 Å². The highest BCUT2D eigenvalue weighted by atomic mass is 16.5. The molecule has 16 heavy (non-hydrogen) atoms. The second kappa shape index (κ2) is 5.15. The van der Waals surface area contributed by atoms with Gasteiger partial charge in [-0.2, -0.15) is 0 Å².